The highest BCUT2D eigenvalue weighted by Gasteiger charge is 2.17. The van der Waals surface area contributed by atoms with Crippen LogP contribution in [-0.4, -0.2) is 31.3 Å². The van der Waals surface area contributed by atoms with Crippen LogP contribution in [0.5, 0.6) is 5.75 Å². The molecule has 1 unspecified atom stereocenters. The number of amides is 1. The third-order valence-electron chi connectivity index (χ3n) is 5.33. The molecule has 0 aliphatic heterocycles. The third kappa shape index (κ3) is 5.23. The van der Waals surface area contributed by atoms with Gasteiger partial charge in [-0.15, -0.1) is 5.10 Å². The summed E-state index contributed by atoms with van der Waals surface area (Å²) in [6.07, 6.45) is 2.78. The van der Waals surface area contributed by atoms with E-state index in [-0.39, 0.29) is 12.0 Å². The van der Waals surface area contributed by atoms with Crippen LogP contribution in [0.3, 0.4) is 0 Å². The molecule has 174 valence electrons. The number of hydrogen-bond acceptors (Lipinski definition) is 6. The second-order valence-electron chi connectivity index (χ2n) is 8.34. The first-order valence-electron chi connectivity index (χ1n) is 10.9. The maximum absolute atomic E-state index is 12.7. The molecule has 4 rings (SSSR count). The minimum atomic E-state index is -0.580. The van der Waals surface area contributed by atoms with Gasteiger partial charge in [0.2, 0.25) is 0 Å². The second kappa shape index (κ2) is 10.0. The molecule has 0 radical (unpaired) electrons. The number of carbonyl (C=O) groups excluding carboxylic acids is 1. The normalized spacial score (nSPS) is 11.9. The fourth-order valence-corrected chi connectivity index (χ4v) is 3.91. The minimum absolute atomic E-state index is 0.0931. The van der Waals surface area contributed by atoms with E-state index >= 15 is 0 Å². The summed E-state index contributed by atoms with van der Waals surface area (Å²) in [6, 6.07) is 14.7. The van der Waals surface area contributed by atoms with Gasteiger partial charge in [-0.2, -0.15) is 4.68 Å². The summed E-state index contributed by atoms with van der Waals surface area (Å²) in [5, 5.41) is 15.6. The van der Waals surface area contributed by atoms with Crippen LogP contribution >= 0.6 is 11.6 Å². The number of pyridine rings is 1. The molecule has 1 atom stereocenters. The first-order chi connectivity index (χ1) is 16.3. The van der Waals surface area contributed by atoms with Gasteiger partial charge in [0.25, 0.3) is 0 Å². The van der Waals surface area contributed by atoms with E-state index in [0.717, 1.165) is 22.3 Å². The Bertz CT molecular complexity index is 1310. The number of aromatic nitrogens is 5. The fraction of sp³-hybridized carbons (Fsp3) is 0.240. The zero-order valence-electron chi connectivity index (χ0n) is 19.4. The van der Waals surface area contributed by atoms with E-state index in [2.05, 4.69) is 25.8 Å². The van der Waals surface area contributed by atoms with Crippen molar-refractivity contribution < 1.29 is 9.53 Å². The summed E-state index contributed by atoms with van der Waals surface area (Å²) in [6.45, 7) is 7.87. The number of tetrazole rings is 1. The third-order valence-corrected chi connectivity index (χ3v) is 5.65. The molecule has 0 aliphatic rings. The Kier molecular flexibility index (Phi) is 6.88. The van der Waals surface area contributed by atoms with Gasteiger partial charge in [-0.1, -0.05) is 37.6 Å². The van der Waals surface area contributed by atoms with Gasteiger partial charge in [0.05, 0.1) is 11.7 Å². The quantitative estimate of drug-likeness (QED) is 0.386. The van der Waals surface area contributed by atoms with Crippen molar-refractivity contribution >= 4 is 17.7 Å². The van der Waals surface area contributed by atoms with Crippen LogP contribution in [0.2, 0.25) is 5.02 Å². The zero-order chi connectivity index (χ0) is 24.2. The zero-order valence-corrected chi connectivity index (χ0v) is 20.1. The highest BCUT2D eigenvalue weighted by Crippen LogP contribution is 2.33. The molecular weight excluding hydrogens is 452 g/mol. The summed E-state index contributed by atoms with van der Waals surface area (Å²) in [5.74, 6) is 1.12. The van der Waals surface area contributed by atoms with Crippen LogP contribution in [0.4, 0.5) is 4.79 Å². The molecule has 0 fully saturated rings. The molecule has 0 bridgehead atoms. The van der Waals surface area contributed by atoms with Crippen LogP contribution < -0.4 is 10.1 Å². The number of carbonyl (C=O) groups is 1. The molecule has 8 nitrogen and oxygen atoms in total. The number of nitrogens with zero attached hydrogens (tertiary/aromatic N) is 5. The van der Waals surface area contributed by atoms with Gasteiger partial charge >= 0.3 is 6.09 Å². The molecule has 4 aromatic rings. The van der Waals surface area contributed by atoms with Crippen LogP contribution in [0, 0.1) is 6.92 Å². The molecule has 2 aromatic heterocycles. The van der Waals surface area contributed by atoms with Crippen molar-refractivity contribution in [2.24, 2.45) is 0 Å². The molecule has 1 N–H and O–H groups in total. The van der Waals surface area contributed by atoms with Crippen molar-refractivity contribution in [2.75, 3.05) is 0 Å². The lowest BCUT2D eigenvalue weighted by molar-refractivity contribution is 0.197. The summed E-state index contributed by atoms with van der Waals surface area (Å²) in [4.78, 5) is 16.7. The Hall–Kier alpha value is -3.78. The number of aryl methyl sites for hydroxylation is 1. The van der Waals surface area contributed by atoms with Gasteiger partial charge in [0.1, 0.15) is 5.75 Å². The van der Waals surface area contributed by atoms with Crippen LogP contribution in [0.1, 0.15) is 49.7 Å². The Labute approximate surface area is 202 Å². The van der Waals surface area contributed by atoms with Crippen LogP contribution in [0.15, 0.2) is 60.9 Å². The fourth-order valence-electron chi connectivity index (χ4n) is 3.56. The number of nitrogens with one attached hydrogen (secondary N) is 1. The molecule has 0 spiro atoms. The minimum Gasteiger partial charge on any atom is -0.410 e. The van der Waals surface area contributed by atoms with Crippen molar-refractivity contribution in [3.63, 3.8) is 0 Å². The molecule has 34 heavy (non-hydrogen) atoms. The lowest BCUT2D eigenvalue weighted by atomic mass is 10.0. The molecule has 9 heteroatoms. The largest absolute Gasteiger partial charge is 0.413 e. The lowest BCUT2D eigenvalue weighted by Crippen LogP contribution is -2.29. The van der Waals surface area contributed by atoms with Gasteiger partial charge in [0, 0.05) is 35.0 Å². The van der Waals surface area contributed by atoms with Gasteiger partial charge in [-0.05, 0) is 71.3 Å². The summed E-state index contributed by atoms with van der Waals surface area (Å²) >= 11 is 6.55. The van der Waals surface area contributed by atoms with E-state index in [9.17, 15) is 4.79 Å². The Balaban J connectivity index is 1.70. The first kappa shape index (κ1) is 23.4. The van der Waals surface area contributed by atoms with E-state index in [4.69, 9.17) is 16.3 Å². The van der Waals surface area contributed by atoms with Crippen LogP contribution in [0.25, 0.3) is 16.8 Å². The predicted octanol–water partition coefficient (Wildman–Crippen LogP) is 5.66. The maximum atomic E-state index is 12.7. The maximum Gasteiger partial charge on any atom is 0.413 e. The number of benzene rings is 2. The number of halogens is 1. The number of ether oxygens (including phenoxy) is 1. The SMILES string of the molecule is Cc1ccc(-c2cc(OC(=O)NC(C)c3ccncc3)cc(-n3nnnc3C(C)C)c2)c(Cl)c1. The van der Waals surface area contributed by atoms with Crippen molar-refractivity contribution in [2.45, 2.75) is 39.7 Å². The van der Waals surface area contributed by atoms with E-state index < -0.39 is 6.09 Å². The van der Waals surface area contributed by atoms with Crippen molar-refractivity contribution in [3.8, 4) is 22.6 Å². The second-order valence-corrected chi connectivity index (χ2v) is 8.75. The van der Waals surface area contributed by atoms with E-state index in [0.29, 0.717) is 22.3 Å². The molecule has 0 aliphatic carbocycles. The van der Waals surface area contributed by atoms with E-state index in [1.165, 1.54) is 0 Å². The van der Waals surface area contributed by atoms with Crippen molar-refractivity contribution in [3.05, 3.63) is 82.9 Å². The average Bonchev–Trinajstić information content (AvgIpc) is 3.30. The smallest absolute Gasteiger partial charge is 0.410 e. The first-order valence-corrected chi connectivity index (χ1v) is 11.3. The Morgan fingerprint density at radius 3 is 2.53 bits per heavy atom. The Morgan fingerprint density at radius 1 is 1.06 bits per heavy atom. The number of hydrogen-bond donors (Lipinski definition) is 1. The highest BCUT2D eigenvalue weighted by atomic mass is 35.5. The highest BCUT2D eigenvalue weighted by molar-refractivity contribution is 6.33. The van der Waals surface area contributed by atoms with E-state index in [1.54, 1.807) is 29.2 Å². The average molecular weight is 477 g/mol. The van der Waals surface area contributed by atoms with Gasteiger partial charge in [0.15, 0.2) is 5.82 Å². The topological polar surface area (TPSA) is 94.8 Å². The van der Waals surface area contributed by atoms with Gasteiger partial charge < -0.3 is 10.1 Å². The standard InChI is InChI=1S/C25H25ClN6O2/c1-15(2)24-29-30-31-32(24)20-12-19(22-6-5-16(3)11-23(22)26)13-21(14-20)34-25(33)28-17(4)18-7-9-27-10-8-18/h5-15,17H,1-4H3,(H,28,33). The Morgan fingerprint density at radius 2 is 1.82 bits per heavy atom. The molecule has 2 heterocycles. The summed E-state index contributed by atoms with van der Waals surface area (Å²) in [7, 11) is 0. The van der Waals surface area contributed by atoms with Gasteiger partial charge in [-0.25, -0.2) is 4.79 Å². The number of rotatable bonds is 6. The lowest BCUT2D eigenvalue weighted by Gasteiger charge is -2.16. The van der Waals surface area contributed by atoms with Crippen LogP contribution in [-0.2, 0) is 0 Å². The molecular formula is C25H25ClN6O2. The van der Waals surface area contributed by atoms with Crippen molar-refractivity contribution in [1.82, 2.24) is 30.5 Å². The monoisotopic (exact) mass is 476 g/mol. The molecule has 0 saturated heterocycles. The van der Waals surface area contributed by atoms with Crippen molar-refractivity contribution in [1.29, 1.82) is 0 Å². The molecule has 2 aromatic carbocycles. The predicted molar refractivity (Wildman–Crippen MR) is 130 cm³/mol. The molecule has 0 saturated carbocycles. The summed E-state index contributed by atoms with van der Waals surface area (Å²) < 4.78 is 7.32. The van der Waals surface area contributed by atoms with Gasteiger partial charge in [-0.3, -0.25) is 4.98 Å². The summed E-state index contributed by atoms with van der Waals surface area (Å²) in [5.41, 5.74) is 4.21. The molecule has 1 amide bonds. The van der Waals surface area contributed by atoms with E-state index in [1.807, 2.05) is 64.1 Å².